The molecule has 0 unspecified atom stereocenters. The van der Waals surface area contributed by atoms with Gasteiger partial charge in [-0.1, -0.05) is 153 Å². The zero-order valence-electron chi connectivity index (χ0n) is 60.6. The van der Waals surface area contributed by atoms with Crippen LogP contribution in [-0.4, -0.2) is 108 Å². The van der Waals surface area contributed by atoms with Crippen LogP contribution < -0.4 is 28.2 Å². The van der Waals surface area contributed by atoms with Gasteiger partial charge >= 0.3 is 30.2 Å². The summed E-state index contributed by atoms with van der Waals surface area (Å²) in [7, 11) is -0.357. The van der Waals surface area contributed by atoms with Crippen molar-refractivity contribution in [3.63, 3.8) is 0 Å². The monoisotopic (exact) mass is 1640 g/mol. The second-order valence-corrected chi connectivity index (χ2v) is 27.8. The van der Waals surface area contributed by atoms with Crippen molar-refractivity contribution in [2.75, 3.05) is 5.73 Å². The normalized spacial score (nSPS) is 12.3. The number of hydrogen-bond donors (Lipinski definition) is 1. The minimum absolute atomic E-state index is 0. The van der Waals surface area contributed by atoms with Crippen LogP contribution in [0, 0.1) is 18.8 Å². The first-order valence-electron chi connectivity index (χ1n) is 34.1. The topological polar surface area (TPSA) is 244 Å². The Kier molecular flexibility index (Phi) is 25.6. The van der Waals surface area contributed by atoms with E-state index in [2.05, 4.69) is 172 Å². The van der Waals surface area contributed by atoms with Crippen molar-refractivity contribution >= 4 is 194 Å². The van der Waals surface area contributed by atoms with Gasteiger partial charge in [0, 0.05) is 113 Å². The van der Waals surface area contributed by atoms with Gasteiger partial charge in [-0.15, -0.1) is 0 Å². The number of aromatic nitrogens is 11. The second-order valence-electron chi connectivity index (χ2n) is 26.0. The van der Waals surface area contributed by atoms with E-state index in [0.717, 1.165) is 152 Å². The fourth-order valence-corrected chi connectivity index (χ4v) is 12.8. The van der Waals surface area contributed by atoms with E-state index >= 15 is 0 Å². The molecule has 1 saturated heterocycles. The number of pyridine rings is 11. The van der Waals surface area contributed by atoms with Gasteiger partial charge in [0.25, 0.3) is 0 Å². The minimum atomic E-state index is -0.357. The van der Waals surface area contributed by atoms with Crippen molar-refractivity contribution in [2.24, 2.45) is 0 Å². The summed E-state index contributed by atoms with van der Waals surface area (Å²) in [6, 6.07) is 80.9. The third-order valence-electron chi connectivity index (χ3n) is 18.4. The minimum Gasteiger partial charge on any atom is -1.00 e. The first-order chi connectivity index (χ1) is 52.0. The number of fused-ring (bicyclic) bond motifs is 14. The molecule has 0 spiro atoms. The van der Waals surface area contributed by atoms with E-state index in [-0.39, 0.29) is 71.6 Å². The van der Waals surface area contributed by atoms with Gasteiger partial charge in [0.2, 0.25) is 0 Å². The van der Waals surface area contributed by atoms with Crippen molar-refractivity contribution in [1.29, 1.82) is 5.26 Å². The number of hydrogen-bond acceptors (Lipinski definition) is 17. The number of Topliss-reactive ketones (excluding diaryl/α,β-unsaturated/α-hetero) is 1. The van der Waals surface area contributed by atoms with E-state index in [4.69, 9.17) is 35.3 Å². The molecular formula is C88H67BBr3MgN13O4. The molecule has 1 aliphatic rings. The van der Waals surface area contributed by atoms with Gasteiger partial charge in [-0.25, -0.2) is 24.9 Å². The van der Waals surface area contributed by atoms with E-state index in [1.807, 2.05) is 152 Å². The Balaban J connectivity index is 0.000000133. The van der Waals surface area contributed by atoms with Crippen LogP contribution in [0.4, 0.5) is 5.69 Å². The molecule has 2 N–H and O–H groups in total. The predicted octanol–water partition coefficient (Wildman–Crippen LogP) is 16.7. The van der Waals surface area contributed by atoms with Crippen LogP contribution in [0.5, 0.6) is 0 Å². The number of carbonyl (C=O) groups excluding carboxylic acids is 2. The quantitative estimate of drug-likeness (QED) is 0.0420. The summed E-state index contributed by atoms with van der Waals surface area (Å²) < 4.78 is 14.2. The number of anilines is 1. The maximum absolute atomic E-state index is 11.3. The molecule has 7 aromatic carbocycles. The molecule has 18 aromatic rings. The average Bonchev–Trinajstić information content (AvgIpc) is 1.53. The number of benzene rings is 7. The van der Waals surface area contributed by atoms with E-state index in [0.29, 0.717) is 22.6 Å². The van der Waals surface area contributed by atoms with Crippen LogP contribution >= 0.6 is 31.9 Å². The number of ketones is 1. The van der Waals surface area contributed by atoms with Crippen LogP contribution in [0.3, 0.4) is 0 Å². The number of nitrogen functional groups attached to an aromatic ring is 1. The van der Waals surface area contributed by atoms with Gasteiger partial charge < -0.3 is 39.5 Å². The molecule has 0 aliphatic carbocycles. The zero-order chi connectivity index (χ0) is 74.2. The maximum atomic E-state index is 11.3. The summed E-state index contributed by atoms with van der Waals surface area (Å²) in [5, 5.41) is 19.5. The number of rotatable bonds is 5. The molecule has 0 atom stereocenters. The molecule has 19 rings (SSSR count). The van der Waals surface area contributed by atoms with E-state index in [1.165, 1.54) is 6.92 Å². The first kappa shape index (κ1) is 79.6. The maximum Gasteiger partial charge on any atom is 2.00 e. The van der Waals surface area contributed by atoms with Gasteiger partial charge in [-0.05, 0) is 160 Å². The smallest absolute Gasteiger partial charge is 1.00 e. The molecule has 0 radical (unpaired) electrons. The number of nitrogens with zero attached hydrogens (tertiary/aromatic N) is 12. The van der Waals surface area contributed by atoms with Crippen LogP contribution in [0.1, 0.15) is 61.2 Å². The molecule has 22 heteroatoms. The fourth-order valence-electron chi connectivity index (χ4n) is 12.1. The number of aldehydes is 1. The van der Waals surface area contributed by atoms with Crippen LogP contribution in [0.2, 0.25) is 0 Å². The molecule has 11 aromatic heterocycles. The SMILES string of the molecule is Brc1ccc2nc(-c3ccc4ccc5cccnc5c4n3)ccc2c1.CC(=O)c1ccc2ccc3cccnc3c2n1.CC1(C)OB(c2ccc3nc(-c4ccccn4)ccc3c2)OC1(C)C.N#Cc1ccc2ccc3cccnc3c2n1.Nc1ccc(Br)cc1C=O.[Br-].[CH3-].[Mg+2].c1cnc2c(c1)ccc1cccnc12. The molecule has 1 aliphatic heterocycles. The Labute approximate surface area is 678 Å². The molecule has 534 valence electrons. The van der Waals surface area contributed by atoms with Gasteiger partial charge in [-0.2, -0.15) is 5.26 Å². The third-order valence-corrected chi connectivity index (χ3v) is 19.4. The Morgan fingerprint density at radius 3 is 1.26 bits per heavy atom. The Morgan fingerprint density at radius 2 is 0.800 bits per heavy atom. The third kappa shape index (κ3) is 17.8. The number of nitrogens with two attached hydrogens (primary N) is 1. The summed E-state index contributed by atoms with van der Waals surface area (Å²) in [6.45, 7) is 9.78. The number of halogens is 3. The molecule has 12 heterocycles. The molecule has 110 heavy (non-hydrogen) atoms. The zero-order valence-corrected chi connectivity index (χ0v) is 66.8. The summed E-state index contributed by atoms with van der Waals surface area (Å²) in [6.07, 6.45) is 11.4. The van der Waals surface area contributed by atoms with E-state index in [1.54, 1.807) is 61.3 Å². The van der Waals surface area contributed by atoms with Gasteiger partial charge in [0.15, 0.2) is 12.1 Å². The molecule has 0 amide bonds. The van der Waals surface area contributed by atoms with Gasteiger partial charge in [0.1, 0.15) is 17.5 Å². The molecule has 1 fully saturated rings. The largest absolute Gasteiger partial charge is 2.00 e. The van der Waals surface area contributed by atoms with Crippen molar-refractivity contribution in [2.45, 2.75) is 45.8 Å². The predicted molar refractivity (Wildman–Crippen MR) is 448 cm³/mol. The van der Waals surface area contributed by atoms with Crippen molar-refractivity contribution in [1.82, 2.24) is 54.8 Å². The van der Waals surface area contributed by atoms with Gasteiger partial charge in [-0.3, -0.25) is 39.5 Å². The number of carbonyl (C=O) groups is 2. The molecule has 0 saturated carbocycles. The summed E-state index contributed by atoms with van der Waals surface area (Å²) in [5.41, 5.74) is 20.1. The molecule has 0 bridgehead atoms. The average molecular weight is 1650 g/mol. The Morgan fingerprint density at radius 1 is 0.418 bits per heavy atom. The Hall–Kier alpha value is -11.4. The molecule has 17 nitrogen and oxygen atoms in total. The van der Waals surface area contributed by atoms with E-state index in [9.17, 15) is 9.59 Å². The Bertz CT molecular complexity index is 6410. The summed E-state index contributed by atoms with van der Waals surface area (Å²) >= 11 is 6.72. The summed E-state index contributed by atoms with van der Waals surface area (Å²) in [4.78, 5) is 70.9. The fraction of sp³-hybridized carbons (Fsp3) is 0.0795. The van der Waals surface area contributed by atoms with Crippen molar-refractivity contribution in [3.8, 4) is 28.8 Å². The van der Waals surface area contributed by atoms with E-state index < -0.39 is 0 Å². The molecular weight excluding hydrogens is 1580 g/mol. The second kappa shape index (κ2) is 35.3. The van der Waals surface area contributed by atoms with Crippen molar-refractivity contribution in [3.05, 3.63) is 313 Å². The first-order valence-corrected chi connectivity index (χ1v) is 35.7. The van der Waals surface area contributed by atoms with Crippen molar-refractivity contribution < 1.29 is 35.9 Å². The standard InChI is InChI=1S/C21H12BrN3.C20H21BN2O2.C14H10N2O.C13H7N3.C12H8N2.C7H6BrNO.CH3.BrH.Mg/c22-16-7-10-17-15(12-16)6-9-18(24-17)19-8-5-14-4-3-13-2-1-11-23-20(13)21(14)25-19;1-19(2)20(3,4)25-21(24-19)15-9-11-16-14(13-15)8-10-18(23-16)17-7-5-6-12-22-17;1-9(17)12-7-6-11-5-4-10-3-2-8-15-13(10)14(11)16-12;14-8-11-6-5-10-4-3-9-2-1-7-15-12(9)13(10)16-11;1-3-9-5-6-10-4-2-8-14-12(10)11(9)13-7-1;8-6-1-2-7(9)5(3-6)4-10;;;/h1-12H;5-13H,1-4H3;2-8H,1H3;1-7H;1-8H;1-4H,9H2;1H3;1H;/q;;;;;;-1;;+2/p-1. The van der Waals surface area contributed by atoms with Crippen LogP contribution in [0.15, 0.2) is 289 Å². The number of nitriles is 1. The van der Waals surface area contributed by atoms with Crippen LogP contribution in [-0.2, 0) is 9.31 Å². The van der Waals surface area contributed by atoms with Crippen LogP contribution in [0.25, 0.3) is 132 Å². The van der Waals surface area contributed by atoms with Gasteiger partial charge in [0.05, 0.1) is 89.1 Å². The summed E-state index contributed by atoms with van der Waals surface area (Å²) in [5.74, 6) is -0.0279.